The Labute approximate surface area is 120 Å². The molecule has 1 aliphatic heterocycles. The summed E-state index contributed by atoms with van der Waals surface area (Å²) in [6, 6.07) is 5.49. The van der Waals surface area contributed by atoms with Crippen LogP contribution in [0.4, 0.5) is 4.39 Å². The molecule has 1 N–H and O–H groups in total. The van der Waals surface area contributed by atoms with Crippen LogP contribution in [0.25, 0.3) is 0 Å². The zero-order valence-corrected chi connectivity index (χ0v) is 12.2. The van der Waals surface area contributed by atoms with Crippen LogP contribution >= 0.6 is 23.1 Å². The van der Waals surface area contributed by atoms with Gasteiger partial charge in [-0.1, -0.05) is 0 Å². The van der Waals surface area contributed by atoms with E-state index in [0.29, 0.717) is 0 Å². The van der Waals surface area contributed by atoms with Crippen LogP contribution in [0.15, 0.2) is 34.0 Å². The fourth-order valence-electron chi connectivity index (χ4n) is 2.36. The molecule has 1 aromatic heterocycles. The molecule has 1 aliphatic rings. The van der Waals surface area contributed by atoms with E-state index in [1.54, 1.807) is 29.2 Å². The molecule has 0 fully saturated rings. The van der Waals surface area contributed by atoms with E-state index in [4.69, 9.17) is 0 Å². The van der Waals surface area contributed by atoms with Crippen LogP contribution in [0.3, 0.4) is 0 Å². The number of nitrogens with zero attached hydrogens (tertiary/aromatic N) is 1. The highest BCUT2D eigenvalue weighted by atomic mass is 32.2. The number of rotatable bonds is 3. The van der Waals surface area contributed by atoms with Crippen molar-refractivity contribution in [3.8, 4) is 0 Å². The molecule has 0 amide bonds. The second-order valence-corrected chi connectivity index (χ2v) is 6.53. The lowest BCUT2D eigenvalue weighted by molar-refractivity contribution is 0.443. The maximum Gasteiger partial charge on any atom is 0.123 e. The van der Waals surface area contributed by atoms with Gasteiger partial charge in [-0.2, -0.15) is 0 Å². The number of hydrogen-bond donors (Lipinski definition) is 1. The van der Waals surface area contributed by atoms with E-state index in [1.165, 1.54) is 11.0 Å². The Kier molecular flexibility index (Phi) is 3.86. The first-order valence-electron chi connectivity index (χ1n) is 6.30. The zero-order valence-electron chi connectivity index (χ0n) is 10.6. The Balaban J connectivity index is 1.81. The Morgan fingerprint density at radius 1 is 1.47 bits per heavy atom. The molecule has 1 aromatic carbocycles. The van der Waals surface area contributed by atoms with Crippen LogP contribution < -0.4 is 5.32 Å². The smallest absolute Gasteiger partial charge is 0.123 e. The number of aromatic nitrogens is 1. The van der Waals surface area contributed by atoms with E-state index in [0.717, 1.165) is 23.4 Å². The normalized spacial score (nSPS) is 20.0. The molecular weight excluding hydrogens is 279 g/mol. The standard InChI is InChI=1S/C14H15FN2S2/c1-9(13-7-18-8-16-13)17-12-4-5-19-14-3-2-10(15)6-11(12)14/h2-3,6-9,12,17H,4-5H2,1H3. The fraction of sp³-hybridized carbons (Fsp3) is 0.357. The first kappa shape index (κ1) is 13.1. The SMILES string of the molecule is CC(NC1CCSc2ccc(F)cc21)c1cscn1. The summed E-state index contributed by atoms with van der Waals surface area (Å²) < 4.78 is 13.4. The van der Waals surface area contributed by atoms with Crippen molar-refractivity contribution in [3.63, 3.8) is 0 Å². The third kappa shape index (κ3) is 2.83. The minimum atomic E-state index is -0.158. The molecule has 2 unspecified atom stereocenters. The minimum absolute atomic E-state index is 0.158. The average molecular weight is 294 g/mol. The van der Waals surface area contributed by atoms with Gasteiger partial charge >= 0.3 is 0 Å². The highest BCUT2D eigenvalue weighted by molar-refractivity contribution is 7.99. The molecule has 0 saturated heterocycles. The van der Waals surface area contributed by atoms with Crippen molar-refractivity contribution in [2.45, 2.75) is 30.3 Å². The summed E-state index contributed by atoms with van der Waals surface area (Å²) >= 11 is 3.41. The van der Waals surface area contributed by atoms with Crippen LogP contribution in [0.5, 0.6) is 0 Å². The van der Waals surface area contributed by atoms with Crippen molar-refractivity contribution in [2.24, 2.45) is 0 Å². The second kappa shape index (κ2) is 5.61. The van der Waals surface area contributed by atoms with Crippen LogP contribution in [-0.2, 0) is 0 Å². The molecule has 2 heterocycles. The van der Waals surface area contributed by atoms with Crippen molar-refractivity contribution in [1.29, 1.82) is 0 Å². The van der Waals surface area contributed by atoms with E-state index in [1.807, 2.05) is 11.6 Å². The van der Waals surface area contributed by atoms with Crippen molar-refractivity contribution in [2.75, 3.05) is 5.75 Å². The van der Waals surface area contributed by atoms with Gasteiger partial charge in [0.15, 0.2) is 0 Å². The summed E-state index contributed by atoms with van der Waals surface area (Å²) in [5.74, 6) is 0.912. The highest BCUT2D eigenvalue weighted by Crippen LogP contribution is 2.37. The Morgan fingerprint density at radius 3 is 3.16 bits per heavy atom. The number of fused-ring (bicyclic) bond motifs is 1. The molecule has 0 spiro atoms. The first-order chi connectivity index (χ1) is 9.24. The van der Waals surface area contributed by atoms with E-state index in [9.17, 15) is 4.39 Å². The summed E-state index contributed by atoms with van der Waals surface area (Å²) in [4.78, 5) is 5.52. The molecule has 2 nitrogen and oxygen atoms in total. The number of hydrogen-bond acceptors (Lipinski definition) is 4. The number of thiazole rings is 1. The van der Waals surface area contributed by atoms with Gasteiger partial charge in [0.1, 0.15) is 5.82 Å². The van der Waals surface area contributed by atoms with Crippen LogP contribution in [0.1, 0.15) is 36.7 Å². The minimum Gasteiger partial charge on any atom is -0.302 e. The third-order valence-electron chi connectivity index (χ3n) is 3.36. The van der Waals surface area contributed by atoms with Crippen LogP contribution in [0.2, 0.25) is 0 Å². The molecule has 19 heavy (non-hydrogen) atoms. The van der Waals surface area contributed by atoms with Gasteiger partial charge in [0, 0.05) is 22.4 Å². The van der Waals surface area contributed by atoms with Crippen molar-refractivity contribution < 1.29 is 4.39 Å². The quantitative estimate of drug-likeness (QED) is 0.919. The predicted octanol–water partition coefficient (Wildman–Crippen LogP) is 4.17. The van der Waals surface area contributed by atoms with Gasteiger partial charge in [0.25, 0.3) is 0 Å². The topological polar surface area (TPSA) is 24.9 Å². The highest BCUT2D eigenvalue weighted by Gasteiger charge is 2.23. The van der Waals surface area contributed by atoms with E-state index < -0.39 is 0 Å². The summed E-state index contributed by atoms with van der Waals surface area (Å²) in [5.41, 5.74) is 3.98. The van der Waals surface area contributed by atoms with Crippen LogP contribution in [-0.4, -0.2) is 10.7 Å². The predicted molar refractivity (Wildman–Crippen MR) is 78.1 cm³/mol. The van der Waals surface area contributed by atoms with Gasteiger partial charge in [-0.05, 0) is 42.9 Å². The molecule has 2 aromatic rings. The lowest BCUT2D eigenvalue weighted by Gasteiger charge is -2.28. The van der Waals surface area contributed by atoms with Gasteiger partial charge < -0.3 is 5.32 Å². The molecule has 0 aliphatic carbocycles. The number of benzene rings is 1. The second-order valence-electron chi connectivity index (χ2n) is 4.67. The Hall–Kier alpha value is -0.910. The van der Waals surface area contributed by atoms with Gasteiger partial charge in [-0.3, -0.25) is 0 Å². The third-order valence-corrected chi connectivity index (χ3v) is 5.08. The van der Waals surface area contributed by atoms with Gasteiger partial charge in [-0.25, -0.2) is 9.37 Å². The molecule has 0 radical (unpaired) electrons. The number of nitrogens with one attached hydrogen (secondary N) is 1. The first-order valence-corrected chi connectivity index (χ1v) is 8.23. The van der Waals surface area contributed by atoms with Gasteiger partial charge in [-0.15, -0.1) is 23.1 Å². The zero-order chi connectivity index (χ0) is 13.2. The molecule has 5 heteroatoms. The monoisotopic (exact) mass is 294 g/mol. The molecule has 0 bridgehead atoms. The number of halogens is 1. The Morgan fingerprint density at radius 2 is 2.37 bits per heavy atom. The summed E-state index contributed by atoms with van der Waals surface area (Å²) in [5, 5.41) is 5.63. The summed E-state index contributed by atoms with van der Waals surface area (Å²) in [7, 11) is 0. The lowest BCUT2D eigenvalue weighted by Crippen LogP contribution is -2.27. The fourth-order valence-corrected chi connectivity index (χ4v) is 4.11. The summed E-state index contributed by atoms with van der Waals surface area (Å²) in [6.45, 7) is 2.11. The molecular formula is C14H15FN2S2. The van der Waals surface area contributed by atoms with Crippen molar-refractivity contribution >= 4 is 23.1 Å². The van der Waals surface area contributed by atoms with Crippen molar-refractivity contribution in [1.82, 2.24) is 10.3 Å². The molecule has 0 saturated carbocycles. The van der Waals surface area contributed by atoms with E-state index in [2.05, 4.69) is 22.6 Å². The molecule has 2 atom stereocenters. The van der Waals surface area contributed by atoms with E-state index >= 15 is 0 Å². The maximum atomic E-state index is 13.4. The van der Waals surface area contributed by atoms with E-state index in [-0.39, 0.29) is 17.9 Å². The molecule has 100 valence electrons. The van der Waals surface area contributed by atoms with Crippen LogP contribution in [0, 0.1) is 5.82 Å². The average Bonchev–Trinajstić information content (AvgIpc) is 2.93. The lowest BCUT2D eigenvalue weighted by atomic mass is 10.0. The maximum absolute atomic E-state index is 13.4. The largest absolute Gasteiger partial charge is 0.302 e. The van der Waals surface area contributed by atoms with Crippen molar-refractivity contribution in [3.05, 3.63) is 46.2 Å². The molecule has 3 rings (SSSR count). The summed E-state index contributed by atoms with van der Waals surface area (Å²) in [6.07, 6.45) is 1.02. The number of thioether (sulfide) groups is 1. The van der Waals surface area contributed by atoms with Gasteiger partial charge in [0.05, 0.1) is 11.2 Å². The van der Waals surface area contributed by atoms with Gasteiger partial charge in [0.2, 0.25) is 0 Å². The Bertz CT molecular complexity index is 557.